The van der Waals surface area contributed by atoms with Crippen molar-refractivity contribution in [2.75, 3.05) is 37.7 Å². The zero-order valence-electron chi connectivity index (χ0n) is 52.9. The van der Waals surface area contributed by atoms with E-state index in [9.17, 15) is 66.9 Å². The minimum Gasteiger partial charge on any atom is -0.508 e. The molecular formula is C67H82F2N12O12S2. The number of thioether (sulfide) groups is 2. The third-order valence-electron chi connectivity index (χ3n) is 16.7. The minimum atomic E-state index is -1.99. The largest absolute Gasteiger partial charge is 0.508 e. The molecule has 0 aliphatic carbocycles. The molecule has 6 aromatic rings. The predicted molar refractivity (Wildman–Crippen MR) is 356 cm³/mol. The number of primary amides is 1. The van der Waals surface area contributed by atoms with Crippen molar-refractivity contribution in [1.82, 2.24) is 52.1 Å². The van der Waals surface area contributed by atoms with Gasteiger partial charge in [0.1, 0.15) is 47.1 Å². The van der Waals surface area contributed by atoms with E-state index in [-0.39, 0.29) is 69.1 Å². The number of amides is 8. The number of Topliss-reactive ketones (excluding diaryl/α,β-unsaturated/α-hetero) is 1. The Balaban J connectivity index is 1.10. The Morgan fingerprint density at radius 2 is 1.33 bits per heavy atom. The lowest BCUT2D eigenvalue weighted by molar-refractivity contribution is -0.143. The van der Waals surface area contributed by atoms with Crippen LogP contribution in [-0.4, -0.2) is 164 Å². The van der Waals surface area contributed by atoms with E-state index < -0.39 is 125 Å². The van der Waals surface area contributed by atoms with Gasteiger partial charge in [-0.15, -0.1) is 0 Å². The summed E-state index contributed by atoms with van der Waals surface area (Å²) in [6, 6.07) is 13.5. The number of halogens is 2. The molecule has 28 heteroatoms. The highest BCUT2D eigenvalue weighted by atomic mass is 32.2. The fourth-order valence-corrected chi connectivity index (χ4v) is 13.6. The number of hydrogen-bond acceptors (Lipinski definition) is 15. The van der Waals surface area contributed by atoms with Crippen molar-refractivity contribution in [2.24, 2.45) is 17.4 Å². The molecule has 4 aromatic carbocycles. The molecule has 8 rings (SSSR count). The zero-order chi connectivity index (χ0) is 68.3. The maximum atomic E-state index is 14.9. The van der Waals surface area contributed by atoms with Crippen LogP contribution < -0.4 is 48.7 Å². The Hall–Kier alpha value is -8.86. The van der Waals surface area contributed by atoms with Crippen LogP contribution in [0, 0.1) is 17.6 Å². The highest BCUT2D eigenvalue weighted by Crippen LogP contribution is 2.28. The average Bonchev–Trinajstić information content (AvgIpc) is 1.77. The van der Waals surface area contributed by atoms with E-state index in [0.29, 0.717) is 88.0 Å². The van der Waals surface area contributed by atoms with E-state index in [2.05, 4.69) is 47.2 Å². The molecule has 0 unspecified atom stereocenters. The third kappa shape index (κ3) is 20.8. The number of unbranched alkanes of at least 4 members (excludes halogenated alkanes) is 1. The second kappa shape index (κ2) is 34.0. The van der Waals surface area contributed by atoms with Crippen molar-refractivity contribution >= 4 is 104 Å². The zero-order valence-corrected chi connectivity index (χ0v) is 54.5. The summed E-state index contributed by atoms with van der Waals surface area (Å²) in [5.41, 5.74) is 13.8. The number of H-pyrrole nitrogens is 2. The standard InChI is InChI=1S/C67H82F2N12O12S2/c1-67(2)66(93)79-55(24-38-11-15-47(82)16-12-38)65(92)81-21-6-10-56(81)57(83)27-43(61(71)88)37-95-36-40-8-5-7-39(23-40)35-94-22-19-58(84)75-46(9-3-4-20-70)33-72-34-59(85)76-52(25-41-31-73-50-17-13-44(68)28-48(41)50)62(89)77-53(63(90)78-54(30-60(86)87)64(91)80-67)26-42-32-74-51-18-14-45(69)29-49(42)51/h5,7-8,11-18,23,28-29,31-32,43,46,52-56,72-74,82H,3-4,6,9-10,19-22,24-27,30,33-37,70H2,1-2H3,(H2,71,88)(H,75,84)(H,76,85)(H,77,89)(H,78,90)(H,79,93)(H,80,91)(H,86,87)/t43-,46-,52-,53-,54-,55-,56-/m0/s1. The van der Waals surface area contributed by atoms with Gasteiger partial charge in [-0.05, 0) is 122 Å². The van der Waals surface area contributed by atoms with E-state index in [0.717, 1.165) is 11.1 Å². The molecule has 4 heterocycles. The first-order valence-corrected chi connectivity index (χ1v) is 33.8. The first-order valence-electron chi connectivity index (χ1n) is 31.5. The average molecular weight is 1350 g/mol. The number of aromatic amines is 2. The molecule has 95 heavy (non-hydrogen) atoms. The molecule has 15 N–H and O–H groups in total. The molecule has 0 radical (unpaired) electrons. The first kappa shape index (κ1) is 72.0. The van der Waals surface area contributed by atoms with E-state index in [1.54, 1.807) is 11.8 Å². The highest BCUT2D eigenvalue weighted by molar-refractivity contribution is 7.98. The summed E-state index contributed by atoms with van der Waals surface area (Å²) in [4.78, 5) is 148. The number of ketones is 1. The van der Waals surface area contributed by atoms with Crippen LogP contribution in [0.5, 0.6) is 5.75 Å². The summed E-state index contributed by atoms with van der Waals surface area (Å²) < 4.78 is 29.7. The molecule has 508 valence electrons. The van der Waals surface area contributed by atoms with Gasteiger partial charge in [-0.3, -0.25) is 47.9 Å². The van der Waals surface area contributed by atoms with Gasteiger partial charge in [0.2, 0.25) is 47.3 Å². The van der Waals surface area contributed by atoms with Gasteiger partial charge in [-0.1, -0.05) is 42.8 Å². The number of carbonyl (C=O) groups is 10. The lowest BCUT2D eigenvalue weighted by atomic mass is 9.96. The van der Waals surface area contributed by atoms with Gasteiger partial charge in [-0.25, -0.2) is 8.78 Å². The van der Waals surface area contributed by atoms with Gasteiger partial charge in [-0.2, -0.15) is 23.5 Å². The van der Waals surface area contributed by atoms with Crippen LogP contribution in [0.3, 0.4) is 0 Å². The summed E-state index contributed by atoms with van der Waals surface area (Å²) in [5.74, 6) is -8.93. The summed E-state index contributed by atoms with van der Waals surface area (Å²) >= 11 is 2.98. The van der Waals surface area contributed by atoms with Gasteiger partial charge in [0.15, 0.2) is 5.78 Å². The molecular weight excluding hydrogens is 1270 g/mol. The Morgan fingerprint density at radius 1 is 0.705 bits per heavy atom. The van der Waals surface area contributed by atoms with Crippen molar-refractivity contribution < 1.29 is 66.9 Å². The van der Waals surface area contributed by atoms with Gasteiger partial charge in [0, 0.05) is 108 Å². The summed E-state index contributed by atoms with van der Waals surface area (Å²) in [6.45, 7) is 2.84. The monoisotopic (exact) mass is 1350 g/mol. The van der Waals surface area contributed by atoms with Crippen LogP contribution in [0.25, 0.3) is 21.8 Å². The first-order chi connectivity index (χ1) is 45.4. The van der Waals surface area contributed by atoms with Crippen molar-refractivity contribution in [1.29, 1.82) is 0 Å². The Labute approximate surface area is 556 Å². The number of aliphatic carboxylic acids is 1. The van der Waals surface area contributed by atoms with E-state index >= 15 is 0 Å². The van der Waals surface area contributed by atoms with Crippen molar-refractivity contribution in [3.8, 4) is 5.75 Å². The number of nitrogens with two attached hydrogens (primary N) is 2. The molecule has 2 aliphatic rings. The molecule has 2 bridgehead atoms. The quantitative estimate of drug-likeness (QED) is 0.0732. The second-order valence-electron chi connectivity index (χ2n) is 24.5. The van der Waals surface area contributed by atoms with Gasteiger partial charge in [0.25, 0.3) is 0 Å². The van der Waals surface area contributed by atoms with Crippen LogP contribution in [0.4, 0.5) is 8.78 Å². The topological polar surface area (TPSA) is 382 Å². The van der Waals surface area contributed by atoms with E-state index in [4.69, 9.17) is 11.5 Å². The molecule has 7 atom stereocenters. The second-order valence-corrected chi connectivity index (χ2v) is 26.7. The van der Waals surface area contributed by atoms with Crippen molar-refractivity contribution in [2.45, 2.75) is 138 Å². The Kier molecular flexibility index (Phi) is 25.8. The predicted octanol–water partition coefficient (Wildman–Crippen LogP) is 3.80. The normalized spacial score (nSPS) is 22.5. The van der Waals surface area contributed by atoms with Crippen LogP contribution in [0.2, 0.25) is 0 Å². The number of carboxylic acid groups (broad SMARTS) is 1. The van der Waals surface area contributed by atoms with E-state index in [1.807, 2.05) is 24.3 Å². The number of benzene rings is 4. The maximum Gasteiger partial charge on any atom is 0.305 e. The van der Waals surface area contributed by atoms with Gasteiger partial charge < -0.3 is 73.8 Å². The number of carbonyl (C=O) groups excluding carboxylic acids is 9. The molecule has 24 nitrogen and oxygen atoms in total. The number of fused-ring (bicyclic) bond motifs is 5. The van der Waals surface area contributed by atoms with Gasteiger partial charge in [0.05, 0.1) is 24.9 Å². The molecule has 2 aromatic heterocycles. The van der Waals surface area contributed by atoms with Gasteiger partial charge >= 0.3 is 5.97 Å². The van der Waals surface area contributed by atoms with E-state index in [1.165, 1.54) is 104 Å². The maximum absolute atomic E-state index is 14.9. The molecule has 2 aliphatic heterocycles. The molecule has 1 saturated heterocycles. The fourth-order valence-electron chi connectivity index (χ4n) is 11.6. The minimum absolute atomic E-state index is 0.0797. The number of rotatable bonds is 13. The number of aromatic hydroxyl groups is 1. The fraction of sp³-hybridized carbons (Fsp3) is 0.433. The smallest absolute Gasteiger partial charge is 0.305 e. The molecule has 1 fully saturated rings. The third-order valence-corrected chi connectivity index (χ3v) is 18.9. The molecule has 0 saturated carbocycles. The number of phenolic OH excluding ortho intramolecular Hbond substituents is 1. The summed E-state index contributed by atoms with van der Waals surface area (Å²) in [5, 5.41) is 40.2. The number of phenols is 1. The highest BCUT2D eigenvalue weighted by Gasteiger charge is 2.42. The van der Waals surface area contributed by atoms with Crippen LogP contribution in [-0.2, 0) is 78.7 Å². The number of hydrogen-bond donors (Lipinski definition) is 13. The van der Waals surface area contributed by atoms with Crippen LogP contribution in [0.1, 0.15) is 93.0 Å². The number of nitrogens with zero attached hydrogens (tertiary/aromatic N) is 1. The van der Waals surface area contributed by atoms with Crippen LogP contribution >= 0.6 is 23.5 Å². The number of aromatic nitrogens is 2. The summed E-state index contributed by atoms with van der Waals surface area (Å²) in [6.07, 6.45) is 3.51. The van der Waals surface area contributed by atoms with Crippen molar-refractivity contribution in [3.63, 3.8) is 0 Å². The molecule has 0 spiro atoms. The SMILES string of the molecule is CC1(C)NC(=O)[C@H](CC(=O)O)NC(=O)[C@H](Cc2c[nH]c3ccc(F)cc23)NC(=O)[C@H](Cc2c[nH]c3ccc(F)cc23)NC(=O)CNC[C@H](CCCCN)NC(=O)CCSCc2cccc(c2)CSC[C@@H](C(N)=O)CC(=O)[C@@H]2CCCN2C(=O)[C@H](Cc2ccc(O)cc2)NC1=O. The lowest BCUT2D eigenvalue weighted by Gasteiger charge is -2.33. The summed E-state index contributed by atoms with van der Waals surface area (Å²) in [7, 11) is 0. The Bertz CT molecular complexity index is 3760. The lowest BCUT2D eigenvalue weighted by Crippen LogP contribution is -2.63. The van der Waals surface area contributed by atoms with Crippen molar-refractivity contribution in [3.05, 3.63) is 137 Å². The molecule has 8 amide bonds. The number of carboxylic acids is 1. The Morgan fingerprint density at radius 3 is 1.95 bits per heavy atom. The van der Waals surface area contributed by atoms with Crippen LogP contribution in [0.15, 0.2) is 97.3 Å². The number of nitrogens with one attached hydrogen (secondary N) is 9.